The Hall–Kier alpha value is -1.19. The maximum atomic E-state index is 12.1. The molecule has 4 nitrogen and oxygen atoms in total. The van der Waals surface area contributed by atoms with Crippen molar-refractivity contribution in [1.82, 2.24) is 10.6 Å². The van der Waals surface area contributed by atoms with Gasteiger partial charge in [-0.05, 0) is 38.3 Å². The molecule has 0 unspecified atom stereocenters. The summed E-state index contributed by atoms with van der Waals surface area (Å²) < 4.78 is 41.9. The van der Waals surface area contributed by atoms with E-state index in [4.69, 9.17) is 4.74 Å². The summed E-state index contributed by atoms with van der Waals surface area (Å²) >= 11 is 0. The molecule has 0 bridgehead atoms. The third-order valence-electron chi connectivity index (χ3n) is 3.37. The van der Waals surface area contributed by atoms with Crippen LogP contribution in [0.3, 0.4) is 0 Å². The van der Waals surface area contributed by atoms with E-state index in [1.807, 2.05) is 32.0 Å². The van der Waals surface area contributed by atoms with Gasteiger partial charge in [-0.3, -0.25) is 4.99 Å². The lowest BCUT2D eigenvalue weighted by Gasteiger charge is -2.15. The van der Waals surface area contributed by atoms with Gasteiger partial charge in [0.25, 0.3) is 0 Å². The minimum absolute atomic E-state index is 0. The number of guanidine groups is 1. The van der Waals surface area contributed by atoms with Gasteiger partial charge in [0.2, 0.25) is 0 Å². The second-order valence-corrected chi connectivity index (χ2v) is 5.47. The van der Waals surface area contributed by atoms with Gasteiger partial charge in [0.05, 0.1) is 6.61 Å². The van der Waals surface area contributed by atoms with Crippen LogP contribution in [0, 0.1) is 6.92 Å². The maximum absolute atomic E-state index is 12.1. The molecule has 0 spiro atoms. The normalized spacial score (nSPS) is 11.7. The Bertz CT molecular complexity index is 536. The molecule has 0 saturated carbocycles. The Morgan fingerprint density at radius 1 is 1.20 bits per heavy atom. The number of unbranched alkanes of at least 4 members (excludes halogenated alkanes) is 1. The molecule has 0 aromatic heterocycles. The van der Waals surface area contributed by atoms with Gasteiger partial charge in [-0.1, -0.05) is 12.1 Å². The van der Waals surface area contributed by atoms with E-state index in [9.17, 15) is 13.2 Å². The number of ether oxygens (including phenoxy) is 1. The highest BCUT2D eigenvalue weighted by atomic mass is 127. The van der Waals surface area contributed by atoms with Crippen LogP contribution >= 0.6 is 24.0 Å². The van der Waals surface area contributed by atoms with Crippen LogP contribution in [-0.2, 0) is 6.54 Å². The molecule has 25 heavy (non-hydrogen) atoms. The summed E-state index contributed by atoms with van der Waals surface area (Å²) in [6.07, 6.45) is -4.28. The van der Waals surface area contributed by atoms with E-state index in [0.29, 0.717) is 32.1 Å². The number of rotatable bonds is 8. The smallest absolute Gasteiger partial charge is 0.389 e. The van der Waals surface area contributed by atoms with E-state index in [0.717, 1.165) is 16.9 Å². The van der Waals surface area contributed by atoms with Crippen molar-refractivity contribution in [2.24, 2.45) is 4.99 Å². The Kier molecular flexibility index (Phi) is 11.6. The van der Waals surface area contributed by atoms with Crippen LogP contribution in [0.5, 0.6) is 5.75 Å². The lowest BCUT2D eigenvalue weighted by Crippen LogP contribution is -2.37. The summed E-state index contributed by atoms with van der Waals surface area (Å²) in [4.78, 5) is 4.07. The van der Waals surface area contributed by atoms with Crippen LogP contribution in [0.25, 0.3) is 0 Å². The van der Waals surface area contributed by atoms with Gasteiger partial charge in [0, 0.05) is 32.1 Å². The second-order valence-electron chi connectivity index (χ2n) is 5.47. The predicted octanol–water partition coefficient (Wildman–Crippen LogP) is 4.41. The summed E-state index contributed by atoms with van der Waals surface area (Å²) in [5.74, 6) is 1.38. The van der Waals surface area contributed by atoms with E-state index in [1.54, 1.807) is 7.05 Å². The van der Waals surface area contributed by atoms with Crippen molar-refractivity contribution in [3.05, 3.63) is 29.3 Å². The molecular weight excluding hydrogens is 446 g/mol. The minimum atomic E-state index is -4.08. The van der Waals surface area contributed by atoms with Crippen LogP contribution in [0.1, 0.15) is 37.3 Å². The Morgan fingerprint density at radius 2 is 1.92 bits per heavy atom. The quantitative estimate of drug-likeness (QED) is 0.255. The average Bonchev–Trinajstić information content (AvgIpc) is 2.50. The van der Waals surface area contributed by atoms with Crippen molar-refractivity contribution >= 4 is 29.9 Å². The Labute approximate surface area is 164 Å². The van der Waals surface area contributed by atoms with E-state index in [1.165, 1.54) is 0 Å². The van der Waals surface area contributed by atoms with Crippen LogP contribution < -0.4 is 15.4 Å². The Balaban J connectivity index is 0.00000576. The number of nitrogens with one attached hydrogen (secondary N) is 2. The lowest BCUT2D eigenvalue weighted by atomic mass is 10.1. The first kappa shape index (κ1) is 23.8. The molecule has 2 N–H and O–H groups in total. The largest absolute Gasteiger partial charge is 0.494 e. The van der Waals surface area contributed by atoms with Crippen LogP contribution in [0.15, 0.2) is 23.2 Å². The first-order chi connectivity index (χ1) is 11.4. The van der Waals surface area contributed by atoms with E-state index >= 15 is 0 Å². The molecule has 0 heterocycles. The fraction of sp³-hybridized carbons (Fsp3) is 0.588. The van der Waals surface area contributed by atoms with E-state index < -0.39 is 12.6 Å². The molecule has 0 aliphatic heterocycles. The molecule has 0 radical (unpaired) electrons. The summed E-state index contributed by atoms with van der Waals surface area (Å²) in [5, 5.41) is 6.17. The van der Waals surface area contributed by atoms with Crippen LogP contribution in [-0.4, -0.2) is 32.3 Å². The van der Waals surface area contributed by atoms with Crippen molar-refractivity contribution in [2.75, 3.05) is 20.2 Å². The molecule has 1 rings (SSSR count). The zero-order valence-corrected chi connectivity index (χ0v) is 17.2. The van der Waals surface area contributed by atoms with E-state index in [2.05, 4.69) is 15.6 Å². The molecular formula is C17H27F3IN3O. The van der Waals surface area contributed by atoms with Crippen molar-refractivity contribution in [1.29, 1.82) is 0 Å². The highest BCUT2D eigenvalue weighted by Crippen LogP contribution is 2.22. The summed E-state index contributed by atoms with van der Waals surface area (Å²) in [7, 11) is 1.63. The highest BCUT2D eigenvalue weighted by Gasteiger charge is 2.25. The number of nitrogens with zero attached hydrogens (tertiary/aromatic N) is 1. The van der Waals surface area contributed by atoms with Gasteiger partial charge < -0.3 is 15.4 Å². The zero-order chi connectivity index (χ0) is 18.0. The minimum Gasteiger partial charge on any atom is -0.494 e. The fourth-order valence-corrected chi connectivity index (χ4v) is 2.15. The molecule has 0 aliphatic carbocycles. The van der Waals surface area contributed by atoms with Crippen molar-refractivity contribution < 1.29 is 17.9 Å². The second kappa shape index (κ2) is 12.2. The average molecular weight is 473 g/mol. The number of benzene rings is 1. The number of aryl methyl sites for hydroxylation is 1. The predicted molar refractivity (Wildman–Crippen MR) is 106 cm³/mol. The van der Waals surface area contributed by atoms with Crippen LogP contribution in [0.2, 0.25) is 0 Å². The van der Waals surface area contributed by atoms with Gasteiger partial charge in [-0.25, -0.2) is 0 Å². The first-order valence-corrected chi connectivity index (χ1v) is 8.09. The highest BCUT2D eigenvalue weighted by molar-refractivity contribution is 14.0. The molecule has 0 atom stereocenters. The summed E-state index contributed by atoms with van der Waals surface area (Å²) in [5.41, 5.74) is 2.12. The van der Waals surface area contributed by atoms with Crippen molar-refractivity contribution in [3.8, 4) is 5.75 Å². The molecule has 0 amide bonds. The first-order valence-electron chi connectivity index (χ1n) is 8.09. The molecule has 0 aliphatic rings. The number of hydrogen-bond acceptors (Lipinski definition) is 2. The van der Waals surface area contributed by atoms with E-state index in [-0.39, 0.29) is 30.4 Å². The monoisotopic (exact) mass is 473 g/mol. The molecule has 0 fully saturated rings. The van der Waals surface area contributed by atoms with Gasteiger partial charge in [-0.15, -0.1) is 24.0 Å². The topological polar surface area (TPSA) is 45.6 Å². The third-order valence-corrected chi connectivity index (χ3v) is 3.37. The number of hydrogen-bond donors (Lipinski definition) is 2. The van der Waals surface area contributed by atoms with Gasteiger partial charge >= 0.3 is 6.18 Å². The third kappa shape index (κ3) is 10.4. The fourth-order valence-electron chi connectivity index (χ4n) is 2.15. The molecule has 144 valence electrons. The number of aliphatic imine (C=N–C) groups is 1. The standard InChI is InChI=1S/C17H26F3N3O.HI/c1-4-24-15-11-13(2)7-8-14(15)12-23-16(21-3)22-10-6-5-9-17(18,19)20;/h7-8,11H,4-6,9-10,12H2,1-3H3,(H2,21,22,23);1H. The molecule has 1 aromatic carbocycles. The van der Waals surface area contributed by atoms with Gasteiger partial charge in [0.1, 0.15) is 5.75 Å². The molecule has 0 saturated heterocycles. The van der Waals surface area contributed by atoms with Crippen molar-refractivity contribution in [3.63, 3.8) is 0 Å². The maximum Gasteiger partial charge on any atom is 0.389 e. The Morgan fingerprint density at radius 3 is 2.52 bits per heavy atom. The molecule has 8 heteroatoms. The van der Waals surface area contributed by atoms with Gasteiger partial charge in [0.15, 0.2) is 5.96 Å². The zero-order valence-electron chi connectivity index (χ0n) is 14.9. The number of halogens is 4. The molecule has 1 aromatic rings. The lowest BCUT2D eigenvalue weighted by molar-refractivity contribution is -0.135. The van der Waals surface area contributed by atoms with Crippen molar-refractivity contribution in [2.45, 2.75) is 45.8 Å². The summed E-state index contributed by atoms with van der Waals surface area (Å²) in [6, 6.07) is 5.98. The van der Waals surface area contributed by atoms with Gasteiger partial charge in [-0.2, -0.15) is 13.2 Å². The SMILES string of the molecule is CCOc1cc(C)ccc1CNC(=NC)NCCCCC(F)(F)F.I. The van der Waals surface area contributed by atoms with Crippen LogP contribution in [0.4, 0.5) is 13.2 Å². The number of alkyl halides is 3. The summed E-state index contributed by atoms with van der Waals surface area (Å²) in [6.45, 7) is 5.49.